The fourth-order valence-electron chi connectivity index (χ4n) is 3.25. The van der Waals surface area contributed by atoms with Gasteiger partial charge in [0.2, 0.25) is 11.8 Å². The third-order valence-electron chi connectivity index (χ3n) is 5.01. The van der Waals surface area contributed by atoms with E-state index in [1.54, 1.807) is 12.0 Å². The molecule has 29 heavy (non-hydrogen) atoms. The Morgan fingerprint density at radius 2 is 1.76 bits per heavy atom. The SMILES string of the molecule is COCCN(CC(=O)N1CCN(c2ccc(-c3ccccc3)nn2)CC1)C(C)=O. The third-order valence-corrected chi connectivity index (χ3v) is 5.01. The van der Waals surface area contributed by atoms with Crippen molar-refractivity contribution in [2.75, 3.05) is 57.9 Å². The summed E-state index contributed by atoms with van der Waals surface area (Å²) >= 11 is 0. The number of ether oxygens (including phenoxy) is 1. The number of anilines is 1. The van der Waals surface area contributed by atoms with Gasteiger partial charge in [0.1, 0.15) is 0 Å². The number of piperazine rings is 1. The molecule has 1 fully saturated rings. The molecule has 2 amide bonds. The van der Waals surface area contributed by atoms with Gasteiger partial charge in [-0.3, -0.25) is 9.59 Å². The minimum Gasteiger partial charge on any atom is -0.383 e. The van der Waals surface area contributed by atoms with Crippen molar-refractivity contribution in [1.82, 2.24) is 20.0 Å². The van der Waals surface area contributed by atoms with Crippen molar-refractivity contribution in [3.05, 3.63) is 42.5 Å². The molecule has 1 aliphatic rings. The second-order valence-electron chi connectivity index (χ2n) is 6.94. The zero-order chi connectivity index (χ0) is 20.6. The maximum absolute atomic E-state index is 12.6. The Hall–Kier alpha value is -3.00. The number of rotatable bonds is 7. The van der Waals surface area contributed by atoms with Crippen LogP contribution >= 0.6 is 0 Å². The van der Waals surface area contributed by atoms with Gasteiger partial charge < -0.3 is 19.4 Å². The third kappa shape index (κ3) is 5.51. The van der Waals surface area contributed by atoms with E-state index in [9.17, 15) is 9.59 Å². The summed E-state index contributed by atoms with van der Waals surface area (Å²) < 4.78 is 5.01. The van der Waals surface area contributed by atoms with E-state index in [1.807, 2.05) is 42.5 Å². The van der Waals surface area contributed by atoms with Gasteiger partial charge in [-0.05, 0) is 12.1 Å². The monoisotopic (exact) mass is 397 g/mol. The van der Waals surface area contributed by atoms with Gasteiger partial charge in [-0.25, -0.2) is 0 Å². The first-order chi connectivity index (χ1) is 14.1. The second kappa shape index (κ2) is 9.97. The van der Waals surface area contributed by atoms with E-state index in [1.165, 1.54) is 11.8 Å². The van der Waals surface area contributed by atoms with Crippen LogP contribution in [0.4, 0.5) is 5.82 Å². The van der Waals surface area contributed by atoms with Crippen LogP contribution in [0.15, 0.2) is 42.5 Å². The average molecular weight is 397 g/mol. The summed E-state index contributed by atoms with van der Waals surface area (Å²) in [6.07, 6.45) is 0. The smallest absolute Gasteiger partial charge is 0.242 e. The van der Waals surface area contributed by atoms with Gasteiger partial charge in [-0.1, -0.05) is 30.3 Å². The molecule has 0 spiro atoms. The number of amides is 2. The first-order valence-corrected chi connectivity index (χ1v) is 9.75. The number of benzene rings is 1. The summed E-state index contributed by atoms with van der Waals surface area (Å²) in [5.74, 6) is 0.645. The molecule has 2 heterocycles. The van der Waals surface area contributed by atoms with Crippen LogP contribution in [-0.4, -0.2) is 84.8 Å². The molecule has 0 N–H and O–H groups in total. The Morgan fingerprint density at radius 1 is 1.03 bits per heavy atom. The topological polar surface area (TPSA) is 78.9 Å². The van der Waals surface area contributed by atoms with E-state index in [-0.39, 0.29) is 18.4 Å². The summed E-state index contributed by atoms with van der Waals surface area (Å²) in [5, 5.41) is 8.70. The Kier molecular flexibility index (Phi) is 7.13. The second-order valence-corrected chi connectivity index (χ2v) is 6.94. The molecule has 0 radical (unpaired) electrons. The molecule has 0 unspecified atom stereocenters. The molecule has 0 saturated carbocycles. The van der Waals surface area contributed by atoms with Gasteiger partial charge in [0.15, 0.2) is 5.82 Å². The van der Waals surface area contributed by atoms with Crippen LogP contribution < -0.4 is 4.90 Å². The molecule has 1 saturated heterocycles. The molecule has 3 rings (SSSR count). The highest BCUT2D eigenvalue weighted by atomic mass is 16.5. The Labute approximate surface area is 171 Å². The fraction of sp³-hybridized carbons (Fsp3) is 0.429. The van der Waals surface area contributed by atoms with Crippen LogP contribution in [0.1, 0.15) is 6.92 Å². The van der Waals surface area contributed by atoms with Gasteiger partial charge in [0.25, 0.3) is 0 Å². The van der Waals surface area contributed by atoms with Crippen LogP contribution in [0.25, 0.3) is 11.3 Å². The van der Waals surface area contributed by atoms with Gasteiger partial charge in [0.05, 0.1) is 18.8 Å². The van der Waals surface area contributed by atoms with Gasteiger partial charge in [-0.2, -0.15) is 0 Å². The number of hydrogen-bond acceptors (Lipinski definition) is 6. The molecule has 8 nitrogen and oxygen atoms in total. The predicted molar refractivity (Wildman–Crippen MR) is 110 cm³/mol. The number of carbonyl (C=O) groups is 2. The van der Waals surface area contributed by atoms with E-state index in [0.717, 1.165) is 17.1 Å². The van der Waals surface area contributed by atoms with Crippen LogP contribution in [0.2, 0.25) is 0 Å². The van der Waals surface area contributed by atoms with Gasteiger partial charge >= 0.3 is 0 Å². The minimum absolute atomic E-state index is 0.0403. The van der Waals surface area contributed by atoms with E-state index in [4.69, 9.17) is 4.74 Å². The van der Waals surface area contributed by atoms with Crippen LogP contribution in [0.5, 0.6) is 0 Å². The maximum Gasteiger partial charge on any atom is 0.242 e. The lowest BCUT2D eigenvalue weighted by Crippen LogP contribution is -2.52. The quantitative estimate of drug-likeness (QED) is 0.701. The average Bonchev–Trinajstić information content (AvgIpc) is 2.77. The van der Waals surface area contributed by atoms with Crippen molar-refractivity contribution in [1.29, 1.82) is 0 Å². The van der Waals surface area contributed by atoms with Crippen LogP contribution in [0.3, 0.4) is 0 Å². The predicted octanol–water partition coefficient (Wildman–Crippen LogP) is 1.29. The summed E-state index contributed by atoms with van der Waals surface area (Å²) in [5.41, 5.74) is 1.87. The molecule has 2 aromatic rings. The number of hydrogen-bond donors (Lipinski definition) is 0. The van der Waals surface area contributed by atoms with Crippen LogP contribution in [-0.2, 0) is 14.3 Å². The highest BCUT2D eigenvalue weighted by molar-refractivity contribution is 5.84. The van der Waals surface area contributed by atoms with E-state index < -0.39 is 0 Å². The molecule has 8 heteroatoms. The Morgan fingerprint density at radius 3 is 2.34 bits per heavy atom. The molecule has 154 valence electrons. The Balaban J connectivity index is 1.53. The summed E-state index contributed by atoms with van der Waals surface area (Å²) in [6, 6.07) is 13.9. The van der Waals surface area contributed by atoms with E-state index >= 15 is 0 Å². The van der Waals surface area contributed by atoms with Crippen molar-refractivity contribution in [3.8, 4) is 11.3 Å². The van der Waals surface area contributed by atoms with E-state index in [2.05, 4.69) is 15.1 Å². The lowest BCUT2D eigenvalue weighted by Gasteiger charge is -2.36. The molecule has 0 bridgehead atoms. The van der Waals surface area contributed by atoms with Crippen molar-refractivity contribution in [3.63, 3.8) is 0 Å². The normalized spacial score (nSPS) is 14.0. The maximum atomic E-state index is 12.6. The molecular weight excluding hydrogens is 370 g/mol. The minimum atomic E-state index is -0.122. The first kappa shape index (κ1) is 20.7. The first-order valence-electron chi connectivity index (χ1n) is 9.75. The highest BCUT2D eigenvalue weighted by Crippen LogP contribution is 2.19. The number of methoxy groups -OCH3 is 1. The van der Waals surface area contributed by atoms with Crippen molar-refractivity contribution in [2.24, 2.45) is 0 Å². The van der Waals surface area contributed by atoms with Crippen molar-refractivity contribution in [2.45, 2.75) is 6.92 Å². The number of aromatic nitrogens is 2. The molecule has 1 aromatic heterocycles. The highest BCUT2D eigenvalue weighted by Gasteiger charge is 2.24. The number of carbonyl (C=O) groups excluding carboxylic acids is 2. The zero-order valence-electron chi connectivity index (χ0n) is 17.0. The zero-order valence-corrected chi connectivity index (χ0v) is 17.0. The van der Waals surface area contributed by atoms with Crippen molar-refractivity contribution < 1.29 is 14.3 Å². The van der Waals surface area contributed by atoms with Gasteiger partial charge in [-0.15, -0.1) is 10.2 Å². The largest absolute Gasteiger partial charge is 0.383 e. The summed E-state index contributed by atoms with van der Waals surface area (Å²) in [7, 11) is 1.58. The standard InChI is InChI=1S/C21H27N5O3/c1-17(27)26(14-15-29-2)16-21(28)25-12-10-24(11-13-25)20-9-8-19(22-23-20)18-6-4-3-5-7-18/h3-9H,10-16H2,1-2H3. The fourth-order valence-corrected chi connectivity index (χ4v) is 3.25. The number of nitrogens with zero attached hydrogens (tertiary/aromatic N) is 5. The van der Waals surface area contributed by atoms with Gasteiger partial charge in [0, 0.05) is 52.3 Å². The van der Waals surface area contributed by atoms with Crippen molar-refractivity contribution >= 4 is 17.6 Å². The Bertz CT molecular complexity index is 805. The molecule has 0 atom stereocenters. The molecular formula is C21H27N5O3. The molecule has 1 aliphatic heterocycles. The lowest BCUT2D eigenvalue weighted by molar-refractivity contribution is -0.140. The lowest BCUT2D eigenvalue weighted by atomic mass is 10.1. The van der Waals surface area contributed by atoms with Crippen LogP contribution in [0, 0.1) is 0 Å². The molecule has 0 aliphatic carbocycles. The summed E-state index contributed by atoms with van der Waals surface area (Å²) in [6.45, 7) is 4.95. The molecule has 1 aromatic carbocycles. The van der Waals surface area contributed by atoms with E-state index in [0.29, 0.717) is 39.3 Å². The summed E-state index contributed by atoms with van der Waals surface area (Å²) in [4.78, 5) is 29.7.